The maximum atomic E-state index is 12.8. The molecule has 0 bridgehead atoms. The molecule has 2 N–H and O–H groups in total. The lowest BCUT2D eigenvalue weighted by Crippen LogP contribution is -2.18. The zero-order valence-corrected chi connectivity index (χ0v) is 13.0. The normalized spacial score (nSPS) is 17.2. The van der Waals surface area contributed by atoms with Crippen LogP contribution in [0.15, 0.2) is 42.5 Å². The molecule has 0 saturated carbocycles. The topological polar surface area (TPSA) is 66.4 Å². The molecule has 4 nitrogen and oxygen atoms in total. The summed E-state index contributed by atoms with van der Waals surface area (Å²) in [5.74, 6) is -0.821. The van der Waals surface area contributed by atoms with Gasteiger partial charge in [0.15, 0.2) is 5.78 Å². The number of benzene rings is 2. The van der Waals surface area contributed by atoms with E-state index in [0.717, 1.165) is 24.1 Å². The van der Waals surface area contributed by atoms with E-state index in [1.807, 2.05) is 30.3 Å². The van der Waals surface area contributed by atoms with E-state index < -0.39 is 5.97 Å². The quantitative estimate of drug-likeness (QED) is 0.851. The second kappa shape index (κ2) is 6.34. The van der Waals surface area contributed by atoms with Crippen molar-refractivity contribution in [2.45, 2.75) is 13.3 Å². The molecule has 1 aliphatic rings. The number of aromatic carboxylic acids is 1. The highest BCUT2D eigenvalue weighted by Crippen LogP contribution is 2.31. The molecule has 1 atom stereocenters. The lowest BCUT2D eigenvalue weighted by Gasteiger charge is -2.15. The SMILES string of the molecule is Cc1c(C(=O)O)cccc1-c1ccccc1C(=O)C1CCNC1. The first-order valence-electron chi connectivity index (χ1n) is 7.77. The fraction of sp³-hybridized carbons (Fsp3) is 0.263. The summed E-state index contributed by atoms with van der Waals surface area (Å²) >= 11 is 0. The Labute approximate surface area is 135 Å². The first-order valence-corrected chi connectivity index (χ1v) is 7.77. The van der Waals surface area contributed by atoms with E-state index in [1.54, 1.807) is 19.1 Å². The highest BCUT2D eigenvalue weighted by molar-refractivity contribution is 6.05. The van der Waals surface area contributed by atoms with Crippen molar-refractivity contribution in [2.75, 3.05) is 13.1 Å². The van der Waals surface area contributed by atoms with Crippen LogP contribution in [0.1, 0.15) is 32.7 Å². The molecule has 0 aromatic heterocycles. The number of ketones is 1. The summed E-state index contributed by atoms with van der Waals surface area (Å²) in [6.45, 7) is 3.37. The standard InChI is InChI=1S/C19H19NO3/c1-12-14(7-4-8-15(12)19(22)23)16-5-2-3-6-17(16)18(21)13-9-10-20-11-13/h2-8,13,20H,9-11H2,1H3,(H,22,23). The summed E-state index contributed by atoms with van der Waals surface area (Å²) in [5.41, 5.74) is 3.24. The van der Waals surface area contributed by atoms with E-state index in [-0.39, 0.29) is 17.3 Å². The van der Waals surface area contributed by atoms with Crippen LogP contribution < -0.4 is 5.32 Å². The monoisotopic (exact) mass is 309 g/mol. The Morgan fingerprint density at radius 1 is 1.04 bits per heavy atom. The van der Waals surface area contributed by atoms with Gasteiger partial charge in [-0.1, -0.05) is 36.4 Å². The summed E-state index contributed by atoms with van der Waals surface area (Å²) < 4.78 is 0. The van der Waals surface area contributed by atoms with Crippen LogP contribution in [0.5, 0.6) is 0 Å². The number of hydrogen-bond donors (Lipinski definition) is 2. The van der Waals surface area contributed by atoms with Gasteiger partial charge in [0.1, 0.15) is 0 Å². The van der Waals surface area contributed by atoms with Crippen LogP contribution >= 0.6 is 0 Å². The van der Waals surface area contributed by atoms with Crippen LogP contribution in [0.4, 0.5) is 0 Å². The lowest BCUT2D eigenvalue weighted by molar-refractivity contribution is 0.0696. The van der Waals surface area contributed by atoms with Crippen molar-refractivity contribution in [2.24, 2.45) is 5.92 Å². The van der Waals surface area contributed by atoms with Crippen LogP contribution in [-0.2, 0) is 0 Å². The van der Waals surface area contributed by atoms with Gasteiger partial charge in [-0.25, -0.2) is 4.79 Å². The van der Waals surface area contributed by atoms with Crippen molar-refractivity contribution in [1.82, 2.24) is 5.32 Å². The van der Waals surface area contributed by atoms with Gasteiger partial charge in [-0.2, -0.15) is 0 Å². The van der Waals surface area contributed by atoms with Gasteiger partial charge < -0.3 is 10.4 Å². The number of hydrogen-bond acceptors (Lipinski definition) is 3. The zero-order valence-electron chi connectivity index (χ0n) is 13.0. The smallest absolute Gasteiger partial charge is 0.335 e. The Balaban J connectivity index is 2.09. The average molecular weight is 309 g/mol. The molecule has 23 heavy (non-hydrogen) atoms. The van der Waals surface area contributed by atoms with Crippen LogP contribution in [0.25, 0.3) is 11.1 Å². The summed E-state index contributed by atoms with van der Waals surface area (Å²) in [6, 6.07) is 12.7. The Hall–Kier alpha value is -2.46. The van der Waals surface area contributed by atoms with E-state index in [0.29, 0.717) is 17.7 Å². The van der Waals surface area contributed by atoms with Crippen LogP contribution in [0.2, 0.25) is 0 Å². The summed E-state index contributed by atoms with van der Waals surface area (Å²) in [5, 5.41) is 12.5. The number of Topliss-reactive ketones (excluding diaryl/α,β-unsaturated/α-hetero) is 1. The van der Waals surface area contributed by atoms with Crippen molar-refractivity contribution in [3.8, 4) is 11.1 Å². The summed E-state index contributed by atoms with van der Waals surface area (Å²) in [4.78, 5) is 24.2. The molecule has 0 aliphatic carbocycles. The van der Waals surface area contributed by atoms with E-state index in [1.165, 1.54) is 0 Å². The number of carboxylic acid groups (broad SMARTS) is 1. The maximum absolute atomic E-state index is 12.8. The molecule has 1 fully saturated rings. The molecule has 3 rings (SSSR count). The Kier molecular flexibility index (Phi) is 4.26. The Morgan fingerprint density at radius 3 is 2.43 bits per heavy atom. The van der Waals surface area contributed by atoms with Gasteiger partial charge in [0.05, 0.1) is 5.56 Å². The third-order valence-corrected chi connectivity index (χ3v) is 4.48. The number of rotatable bonds is 4. The fourth-order valence-corrected chi connectivity index (χ4v) is 3.19. The number of carbonyl (C=O) groups is 2. The minimum Gasteiger partial charge on any atom is -0.478 e. The molecule has 118 valence electrons. The number of carbonyl (C=O) groups excluding carboxylic acids is 1. The molecule has 0 amide bonds. The third kappa shape index (κ3) is 2.90. The van der Waals surface area contributed by atoms with Gasteiger partial charge in [-0.15, -0.1) is 0 Å². The first-order chi connectivity index (χ1) is 11.1. The highest BCUT2D eigenvalue weighted by Gasteiger charge is 2.26. The molecule has 1 heterocycles. The predicted octanol–water partition coefficient (Wildman–Crippen LogP) is 3.15. The molecule has 1 saturated heterocycles. The van der Waals surface area contributed by atoms with E-state index in [2.05, 4.69) is 5.32 Å². The van der Waals surface area contributed by atoms with Crippen molar-refractivity contribution in [3.63, 3.8) is 0 Å². The van der Waals surface area contributed by atoms with Gasteiger partial charge >= 0.3 is 5.97 Å². The first kappa shape index (κ1) is 15.4. The van der Waals surface area contributed by atoms with Crippen molar-refractivity contribution >= 4 is 11.8 Å². The number of nitrogens with one attached hydrogen (secondary N) is 1. The molecule has 2 aromatic carbocycles. The summed E-state index contributed by atoms with van der Waals surface area (Å²) in [7, 11) is 0. The maximum Gasteiger partial charge on any atom is 0.335 e. The Morgan fingerprint density at radius 2 is 1.74 bits per heavy atom. The molecule has 4 heteroatoms. The van der Waals surface area contributed by atoms with Gasteiger partial charge in [-0.3, -0.25) is 4.79 Å². The van der Waals surface area contributed by atoms with Gasteiger partial charge in [0, 0.05) is 18.0 Å². The molecule has 0 spiro atoms. The van der Waals surface area contributed by atoms with E-state index in [4.69, 9.17) is 0 Å². The number of carboxylic acids is 1. The van der Waals surface area contributed by atoms with E-state index in [9.17, 15) is 14.7 Å². The highest BCUT2D eigenvalue weighted by atomic mass is 16.4. The third-order valence-electron chi connectivity index (χ3n) is 4.48. The molecule has 1 aliphatic heterocycles. The van der Waals surface area contributed by atoms with Gasteiger partial charge in [0.2, 0.25) is 0 Å². The second-order valence-corrected chi connectivity index (χ2v) is 5.88. The van der Waals surface area contributed by atoms with Gasteiger partial charge in [0.25, 0.3) is 0 Å². The van der Waals surface area contributed by atoms with Crippen LogP contribution in [0.3, 0.4) is 0 Å². The second-order valence-electron chi connectivity index (χ2n) is 5.88. The minimum absolute atomic E-state index is 0.000822. The van der Waals surface area contributed by atoms with Gasteiger partial charge in [-0.05, 0) is 42.6 Å². The molecular formula is C19H19NO3. The lowest BCUT2D eigenvalue weighted by atomic mass is 9.88. The van der Waals surface area contributed by atoms with Crippen molar-refractivity contribution in [3.05, 3.63) is 59.2 Å². The average Bonchev–Trinajstić information content (AvgIpc) is 3.08. The van der Waals surface area contributed by atoms with E-state index >= 15 is 0 Å². The van der Waals surface area contributed by atoms with Crippen molar-refractivity contribution < 1.29 is 14.7 Å². The van der Waals surface area contributed by atoms with Crippen molar-refractivity contribution in [1.29, 1.82) is 0 Å². The molecule has 1 unspecified atom stereocenters. The van der Waals surface area contributed by atoms with Crippen LogP contribution in [0, 0.1) is 12.8 Å². The summed E-state index contributed by atoms with van der Waals surface area (Å²) in [6.07, 6.45) is 0.849. The zero-order chi connectivity index (χ0) is 16.4. The molecule has 2 aromatic rings. The molecule has 0 radical (unpaired) electrons. The largest absolute Gasteiger partial charge is 0.478 e. The minimum atomic E-state index is -0.951. The predicted molar refractivity (Wildman–Crippen MR) is 88.9 cm³/mol. The molecular weight excluding hydrogens is 290 g/mol. The Bertz CT molecular complexity index is 761. The fourth-order valence-electron chi connectivity index (χ4n) is 3.19. The van der Waals surface area contributed by atoms with Crippen LogP contribution in [-0.4, -0.2) is 29.9 Å².